The number of methoxy groups -OCH3 is 1. The largest absolute Gasteiger partial charge is 0.497 e. The van der Waals surface area contributed by atoms with Crippen molar-refractivity contribution in [3.63, 3.8) is 0 Å². The number of rotatable bonds is 7. The Morgan fingerprint density at radius 3 is 2.52 bits per heavy atom. The zero-order valence-corrected chi connectivity index (χ0v) is 15.0. The van der Waals surface area contributed by atoms with Gasteiger partial charge in [0.05, 0.1) is 7.11 Å². The molecule has 1 heterocycles. The van der Waals surface area contributed by atoms with Crippen LogP contribution in [0, 0.1) is 0 Å². The predicted molar refractivity (Wildman–Crippen MR) is 102 cm³/mol. The van der Waals surface area contributed by atoms with E-state index in [1.165, 1.54) is 0 Å². The average Bonchev–Trinajstić information content (AvgIpc) is 2.72. The van der Waals surface area contributed by atoms with E-state index in [2.05, 4.69) is 4.98 Å². The monoisotopic (exact) mass is 365 g/mol. The van der Waals surface area contributed by atoms with E-state index in [0.29, 0.717) is 17.7 Å². The van der Waals surface area contributed by atoms with Crippen LogP contribution in [0.15, 0.2) is 60.9 Å². The van der Waals surface area contributed by atoms with Crippen molar-refractivity contribution in [1.82, 2.24) is 4.98 Å². The number of pyridine rings is 1. The molecule has 0 saturated heterocycles. The first-order valence-corrected chi connectivity index (χ1v) is 8.60. The highest BCUT2D eigenvalue weighted by molar-refractivity contribution is 5.76. The van der Waals surface area contributed by atoms with Crippen LogP contribution in [0.5, 0.6) is 5.75 Å². The van der Waals surface area contributed by atoms with Gasteiger partial charge in [-0.1, -0.05) is 24.3 Å². The quantitative estimate of drug-likeness (QED) is 0.646. The van der Waals surface area contributed by atoms with Gasteiger partial charge in [0.25, 0.3) is 0 Å². The van der Waals surface area contributed by atoms with Gasteiger partial charge in [-0.3, -0.25) is 9.78 Å². The molecule has 0 unspecified atom stereocenters. The number of aromatic nitrogens is 1. The molecule has 0 saturated carbocycles. The minimum absolute atomic E-state index is 0.0178. The molecule has 0 aliphatic carbocycles. The van der Waals surface area contributed by atoms with Crippen LogP contribution < -0.4 is 4.74 Å². The van der Waals surface area contributed by atoms with Crippen LogP contribution in [-0.2, 0) is 17.9 Å². The van der Waals surface area contributed by atoms with Crippen LogP contribution in [0.1, 0.15) is 17.5 Å². The Morgan fingerprint density at radius 2 is 1.85 bits per heavy atom. The fraction of sp³-hybridized carbons (Fsp3) is 0.182. The van der Waals surface area contributed by atoms with Gasteiger partial charge in [0.15, 0.2) is 0 Å². The van der Waals surface area contributed by atoms with Gasteiger partial charge in [-0.25, -0.2) is 4.39 Å². The molecular weight excluding hydrogens is 345 g/mol. The van der Waals surface area contributed by atoms with Gasteiger partial charge in [-0.05, 0) is 58.5 Å². The maximum Gasteiger partial charge on any atom is 0.303 e. The Bertz CT molecular complexity index is 942. The van der Waals surface area contributed by atoms with Crippen molar-refractivity contribution in [2.45, 2.75) is 19.5 Å². The Hall–Kier alpha value is -3.21. The molecule has 2 aromatic carbocycles. The van der Waals surface area contributed by atoms with Crippen molar-refractivity contribution in [3.8, 4) is 28.0 Å². The second-order valence-corrected chi connectivity index (χ2v) is 6.16. The molecule has 0 atom stereocenters. The zero-order valence-electron chi connectivity index (χ0n) is 15.0. The van der Waals surface area contributed by atoms with Gasteiger partial charge in [0.2, 0.25) is 0 Å². The molecule has 0 radical (unpaired) electrons. The summed E-state index contributed by atoms with van der Waals surface area (Å²) in [6, 6.07) is 14.9. The lowest BCUT2D eigenvalue weighted by Crippen LogP contribution is -2.00. The lowest BCUT2D eigenvalue weighted by Gasteiger charge is -2.14. The van der Waals surface area contributed by atoms with Gasteiger partial charge in [-0.15, -0.1) is 0 Å². The minimum atomic E-state index is -0.861. The van der Waals surface area contributed by atoms with Crippen molar-refractivity contribution in [3.05, 3.63) is 72.1 Å². The third-order valence-corrected chi connectivity index (χ3v) is 4.45. The fourth-order valence-electron chi connectivity index (χ4n) is 3.10. The standard InChI is InChI=1S/C22H20FNO3/c1-27-19-6-8-20(16(12-19)5-9-22(25)26)15-4-7-21(18(11-15)13-23)17-3-2-10-24-14-17/h2-4,6-8,10-12,14H,5,9,13H2,1H3,(H,25,26). The average molecular weight is 365 g/mol. The summed E-state index contributed by atoms with van der Waals surface area (Å²) in [5, 5.41) is 9.02. The molecule has 4 nitrogen and oxygen atoms in total. The number of carboxylic acid groups (broad SMARTS) is 1. The molecule has 3 rings (SSSR count). The summed E-state index contributed by atoms with van der Waals surface area (Å²) in [6.45, 7) is -0.599. The Labute approximate surface area is 157 Å². The molecule has 27 heavy (non-hydrogen) atoms. The van der Waals surface area contributed by atoms with E-state index in [1.54, 1.807) is 19.5 Å². The third kappa shape index (κ3) is 4.31. The van der Waals surface area contributed by atoms with E-state index in [4.69, 9.17) is 9.84 Å². The van der Waals surface area contributed by atoms with Crippen molar-refractivity contribution < 1.29 is 19.0 Å². The Kier molecular flexibility index (Phi) is 5.81. The highest BCUT2D eigenvalue weighted by Crippen LogP contribution is 2.33. The molecule has 0 aliphatic heterocycles. The highest BCUT2D eigenvalue weighted by atomic mass is 19.1. The van der Waals surface area contributed by atoms with Crippen molar-refractivity contribution in [1.29, 1.82) is 0 Å². The molecular formula is C22H20FNO3. The van der Waals surface area contributed by atoms with E-state index in [9.17, 15) is 9.18 Å². The number of nitrogens with zero attached hydrogens (tertiary/aromatic N) is 1. The zero-order chi connectivity index (χ0) is 19.2. The lowest BCUT2D eigenvalue weighted by atomic mass is 9.92. The molecule has 0 amide bonds. The Morgan fingerprint density at radius 1 is 1.07 bits per heavy atom. The van der Waals surface area contributed by atoms with Crippen molar-refractivity contribution >= 4 is 5.97 Å². The molecule has 1 N–H and O–H groups in total. The summed E-state index contributed by atoms with van der Waals surface area (Å²) >= 11 is 0. The second kappa shape index (κ2) is 8.45. The molecule has 0 bridgehead atoms. The smallest absolute Gasteiger partial charge is 0.303 e. The van der Waals surface area contributed by atoms with E-state index in [1.807, 2.05) is 48.5 Å². The summed E-state index contributed by atoms with van der Waals surface area (Å²) < 4.78 is 19.0. The number of carbonyl (C=O) groups is 1. The maximum atomic E-state index is 13.7. The number of carboxylic acids is 1. The summed E-state index contributed by atoms with van der Waals surface area (Å²) in [5.74, 6) is -0.197. The third-order valence-electron chi connectivity index (χ3n) is 4.45. The molecule has 0 aliphatic rings. The molecule has 0 fully saturated rings. The molecule has 0 spiro atoms. The first kappa shape index (κ1) is 18.6. The number of ether oxygens (including phenoxy) is 1. The molecule has 5 heteroatoms. The first-order chi connectivity index (χ1) is 13.1. The molecule has 1 aromatic heterocycles. The Balaban J connectivity index is 2.04. The molecule has 138 valence electrons. The normalized spacial score (nSPS) is 10.6. The van der Waals surface area contributed by atoms with Gasteiger partial charge in [0, 0.05) is 24.4 Å². The number of aryl methyl sites for hydroxylation is 1. The van der Waals surface area contributed by atoms with E-state index >= 15 is 0 Å². The van der Waals surface area contributed by atoms with E-state index < -0.39 is 12.6 Å². The number of alkyl halides is 1. The van der Waals surface area contributed by atoms with E-state index in [0.717, 1.165) is 27.8 Å². The van der Waals surface area contributed by atoms with Gasteiger partial charge >= 0.3 is 5.97 Å². The van der Waals surface area contributed by atoms with Crippen LogP contribution in [0.4, 0.5) is 4.39 Å². The SMILES string of the molecule is COc1ccc(-c2ccc(-c3cccnc3)c(CF)c2)c(CCC(=O)O)c1. The van der Waals surface area contributed by atoms with E-state index in [-0.39, 0.29) is 6.42 Å². The number of hydrogen-bond acceptors (Lipinski definition) is 3. The molecule has 3 aromatic rings. The van der Waals surface area contributed by atoms with Gasteiger partial charge < -0.3 is 9.84 Å². The van der Waals surface area contributed by atoms with Crippen molar-refractivity contribution in [2.24, 2.45) is 0 Å². The lowest BCUT2D eigenvalue weighted by molar-refractivity contribution is -0.136. The summed E-state index contributed by atoms with van der Waals surface area (Å²) in [4.78, 5) is 15.1. The number of benzene rings is 2. The van der Waals surface area contributed by atoms with Gasteiger partial charge in [0.1, 0.15) is 12.4 Å². The fourth-order valence-corrected chi connectivity index (χ4v) is 3.10. The van der Waals surface area contributed by atoms with Crippen LogP contribution in [-0.4, -0.2) is 23.2 Å². The summed E-state index contributed by atoms with van der Waals surface area (Å²) in [7, 11) is 1.57. The van der Waals surface area contributed by atoms with Crippen LogP contribution in [0.25, 0.3) is 22.3 Å². The van der Waals surface area contributed by atoms with Crippen LogP contribution in [0.3, 0.4) is 0 Å². The summed E-state index contributed by atoms with van der Waals surface area (Å²) in [6.07, 6.45) is 3.78. The van der Waals surface area contributed by atoms with Crippen LogP contribution in [0.2, 0.25) is 0 Å². The van der Waals surface area contributed by atoms with Gasteiger partial charge in [-0.2, -0.15) is 0 Å². The predicted octanol–water partition coefficient (Wildman–Crippen LogP) is 4.91. The topological polar surface area (TPSA) is 59.4 Å². The first-order valence-electron chi connectivity index (χ1n) is 8.60. The van der Waals surface area contributed by atoms with Crippen molar-refractivity contribution in [2.75, 3.05) is 7.11 Å². The number of hydrogen-bond donors (Lipinski definition) is 1. The van der Waals surface area contributed by atoms with Crippen LogP contribution >= 0.6 is 0 Å². The highest BCUT2D eigenvalue weighted by Gasteiger charge is 2.12. The number of aliphatic carboxylic acids is 1. The maximum absolute atomic E-state index is 13.7. The second-order valence-electron chi connectivity index (χ2n) is 6.16. The number of halogens is 1. The minimum Gasteiger partial charge on any atom is -0.497 e. The summed E-state index contributed by atoms with van der Waals surface area (Å²) in [5.41, 5.74) is 4.81.